The quantitative estimate of drug-likeness (QED) is 0.457. The monoisotopic (exact) mass is 170 g/mol. The van der Waals surface area contributed by atoms with Crippen LogP contribution < -0.4 is 0 Å². The maximum absolute atomic E-state index is 12.4. The molecule has 4 nitrogen and oxygen atoms in total. The third-order valence-electron chi connectivity index (χ3n) is 1.56. The first-order valence-corrected chi connectivity index (χ1v) is 3.00. The number of hydrogen-bond acceptors (Lipinski definition) is 4. The molecule has 1 aliphatic heterocycles. The summed E-state index contributed by atoms with van der Waals surface area (Å²) in [6.07, 6.45) is -5.86. The molecule has 0 unspecified atom stereocenters. The van der Waals surface area contributed by atoms with Gasteiger partial charge in [-0.1, -0.05) is 0 Å². The minimum atomic E-state index is -3.69. The summed E-state index contributed by atoms with van der Waals surface area (Å²) in [6.45, 7) is -0.742. The van der Waals surface area contributed by atoms with Crippen molar-refractivity contribution in [3.8, 4) is 0 Å². The zero-order chi connectivity index (χ0) is 8.65. The van der Waals surface area contributed by atoms with Gasteiger partial charge in [0.2, 0.25) is 6.29 Å². The second-order valence-corrected chi connectivity index (χ2v) is 2.33. The van der Waals surface area contributed by atoms with Crippen LogP contribution in [0.4, 0.5) is 8.78 Å². The van der Waals surface area contributed by atoms with E-state index in [9.17, 15) is 8.78 Å². The van der Waals surface area contributed by atoms with Gasteiger partial charge >= 0.3 is 5.92 Å². The van der Waals surface area contributed by atoms with Gasteiger partial charge in [0.15, 0.2) is 6.10 Å². The SMILES string of the molecule is OC[C@H]1O[C@@H](O)C(F)(F)[C@H]1O. The first kappa shape index (κ1) is 8.79. The number of hydrogen-bond donors (Lipinski definition) is 3. The van der Waals surface area contributed by atoms with Gasteiger partial charge in [-0.3, -0.25) is 0 Å². The summed E-state index contributed by atoms with van der Waals surface area (Å²) in [4.78, 5) is 0. The van der Waals surface area contributed by atoms with Crippen LogP contribution in [0.5, 0.6) is 0 Å². The molecule has 0 spiro atoms. The van der Waals surface area contributed by atoms with E-state index in [1.807, 2.05) is 0 Å². The van der Waals surface area contributed by atoms with Gasteiger partial charge in [-0.25, -0.2) is 0 Å². The summed E-state index contributed by atoms with van der Waals surface area (Å²) in [7, 11) is 0. The van der Waals surface area contributed by atoms with Crippen molar-refractivity contribution in [2.24, 2.45) is 0 Å². The van der Waals surface area contributed by atoms with Crippen LogP contribution in [-0.4, -0.2) is 46.3 Å². The van der Waals surface area contributed by atoms with Crippen molar-refractivity contribution in [3.05, 3.63) is 0 Å². The molecule has 0 aromatic carbocycles. The molecule has 11 heavy (non-hydrogen) atoms. The molecule has 1 rings (SSSR count). The van der Waals surface area contributed by atoms with Gasteiger partial charge in [0, 0.05) is 0 Å². The molecule has 3 N–H and O–H groups in total. The predicted octanol–water partition coefficient (Wildman–Crippen LogP) is -1.31. The number of aliphatic hydroxyl groups is 3. The van der Waals surface area contributed by atoms with Gasteiger partial charge < -0.3 is 20.1 Å². The Morgan fingerprint density at radius 3 is 2.09 bits per heavy atom. The Kier molecular flexibility index (Phi) is 2.10. The fourth-order valence-corrected chi connectivity index (χ4v) is 0.868. The smallest absolute Gasteiger partial charge is 0.325 e. The normalized spacial score (nSPS) is 42.8. The van der Waals surface area contributed by atoms with Crippen molar-refractivity contribution in [2.45, 2.75) is 24.4 Å². The minimum Gasteiger partial charge on any atom is -0.394 e. The van der Waals surface area contributed by atoms with E-state index in [0.29, 0.717) is 0 Å². The van der Waals surface area contributed by atoms with Crippen LogP contribution in [0.3, 0.4) is 0 Å². The molecule has 1 heterocycles. The Morgan fingerprint density at radius 1 is 1.36 bits per heavy atom. The molecule has 0 aromatic heterocycles. The van der Waals surface area contributed by atoms with Gasteiger partial charge in [0.25, 0.3) is 0 Å². The molecule has 0 radical (unpaired) electrons. The van der Waals surface area contributed by atoms with Gasteiger partial charge in [0.05, 0.1) is 6.61 Å². The predicted molar refractivity (Wildman–Crippen MR) is 28.9 cm³/mol. The molecule has 6 heteroatoms. The van der Waals surface area contributed by atoms with Crippen LogP contribution in [0, 0.1) is 0 Å². The van der Waals surface area contributed by atoms with E-state index in [-0.39, 0.29) is 0 Å². The molecule has 1 aliphatic rings. The van der Waals surface area contributed by atoms with Crippen LogP contribution in [0.1, 0.15) is 0 Å². The molecule has 1 fully saturated rings. The molecule has 0 aromatic rings. The molecular weight excluding hydrogens is 162 g/mol. The van der Waals surface area contributed by atoms with Crippen molar-refractivity contribution >= 4 is 0 Å². The van der Waals surface area contributed by atoms with Crippen LogP contribution in [-0.2, 0) is 4.74 Å². The maximum Gasteiger partial charge on any atom is 0.325 e. The number of alkyl halides is 2. The van der Waals surface area contributed by atoms with E-state index < -0.39 is 31.0 Å². The topological polar surface area (TPSA) is 69.9 Å². The maximum atomic E-state index is 12.4. The molecule has 0 bridgehead atoms. The summed E-state index contributed by atoms with van der Waals surface area (Å²) in [5.74, 6) is -3.69. The van der Waals surface area contributed by atoms with Crippen LogP contribution in [0.2, 0.25) is 0 Å². The van der Waals surface area contributed by atoms with E-state index in [0.717, 1.165) is 0 Å². The Bertz CT molecular complexity index is 151. The van der Waals surface area contributed by atoms with Gasteiger partial charge in [-0.15, -0.1) is 0 Å². The number of rotatable bonds is 1. The first-order chi connectivity index (χ1) is 5.00. The summed E-state index contributed by atoms with van der Waals surface area (Å²) >= 11 is 0. The second-order valence-electron chi connectivity index (χ2n) is 2.33. The van der Waals surface area contributed by atoms with E-state index >= 15 is 0 Å². The van der Waals surface area contributed by atoms with Gasteiger partial charge in [-0.05, 0) is 0 Å². The summed E-state index contributed by atoms with van der Waals surface area (Å²) < 4.78 is 29.0. The lowest BCUT2D eigenvalue weighted by Crippen LogP contribution is -2.40. The molecule has 0 aliphatic carbocycles. The van der Waals surface area contributed by atoms with Crippen molar-refractivity contribution in [2.75, 3.05) is 6.61 Å². The van der Waals surface area contributed by atoms with Crippen molar-refractivity contribution in [3.63, 3.8) is 0 Å². The zero-order valence-electron chi connectivity index (χ0n) is 5.44. The zero-order valence-corrected chi connectivity index (χ0v) is 5.44. The lowest BCUT2D eigenvalue weighted by atomic mass is 10.1. The molecular formula is C5H8F2O4. The summed E-state index contributed by atoms with van der Waals surface area (Å²) in [5.41, 5.74) is 0. The highest BCUT2D eigenvalue weighted by Crippen LogP contribution is 2.34. The molecule has 1 saturated heterocycles. The lowest BCUT2D eigenvalue weighted by molar-refractivity contribution is -0.198. The molecule has 0 amide bonds. The Morgan fingerprint density at radius 2 is 1.91 bits per heavy atom. The fourth-order valence-electron chi connectivity index (χ4n) is 0.868. The largest absolute Gasteiger partial charge is 0.394 e. The average molecular weight is 170 g/mol. The summed E-state index contributed by atoms with van der Waals surface area (Å²) in [5, 5.41) is 25.5. The molecule has 0 saturated carbocycles. The van der Waals surface area contributed by atoms with Gasteiger partial charge in [-0.2, -0.15) is 8.78 Å². The highest BCUT2D eigenvalue weighted by Gasteiger charge is 2.57. The lowest BCUT2D eigenvalue weighted by Gasteiger charge is -2.14. The average Bonchev–Trinajstić information content (AvgIpc) is 2.14. The van der Waals surface area contributed by atoms with Gasteiger partial charge in [0.1, 0.15) is 6.10 Å². The third-order valence-corrected chi connectivity index (χ3v) is 1.56. The number of aliphatic hydroxyl groups excluding tert-OH is 3. The Labute approximate surface area is 61.0 Å². The molecule has 3 atom stereocenters. The summed E-state index contributed by atoms with van der Waals surface area (Å²) in [6, 6.07) is 0. The van der Waals surface area contributed by atoms with Crippen molar-refractivity contribution in [1.82, 2.24) is 0 Å². The van der Waals surface area contributed by atoms with Crippen LogP contribution in [0.25, 0.3) is 0 Å². The Balaban J connectivity index is 2.71. The third kappa shape index (κ3) is 1.22. The second kappa shape index (κ2) is 2.63. The minimum absolute atomic E-state index is 0.742. The van der Waals surface area contributed by atoms with E-state index in [1.54, 1.807) is 0 Å². The van der Waals surface area contributed by atoms with Crippen molar-refractivity contribution in [1.29, 1.82) is 0 Å². The highest BCUT2D eigenvalue weighted by molar-refractivity contribution is 4.92. The standard InChI is InChI=1S/C5H8F2O4/c6-5(7)3(9)2(1-8)11-4(5)10/h2-4,8-10H,1H2/t2-,3+,4-/m1/s1. The highest BCUT2D eigenvalue weighted by atomic mass is 19.3. The fraction of sp³-hybridized carbons (Fsp3) is 1.00. The van der Waals surface area contributed by atoms with E-state index in [1.165, 1.54) is 0 Å². The Hall–Kier alpha value is -0.300. The number of ether oxygens (including phenoxy) is 1. The van der Waals surface area contributed by atoms with E-state index in [2.05, 4.69) is 4.74 Å². The molecule has 66 valence electrons. The number of halogens is 2. The van der Waals surface area contributed by atoms with Crippen LogP contribution in [0.15, 0.2) is 0 Å². The first-order valence-electron chi connectivity index (χ1n) is 3.00. The van der Waals surface area contributed by atoms with Crippen LogP contribution >= 0.6 is 0 Å². The van der Waals surface area contributed by atoms with Crippen molar-refractivity contribution < 1.29 is 28.8 Å². The van der Waals surface area contributed by atoms with E-state index in [4.69, 9.17) is 15.3 Å².